The van der Waals surface area contributed by atoms with E-state index in [0.29, 0.717) is 0 Å². The van der Waals surface area contributed by atoms with Crippen LogP contribution in [-0.2, 0) is 0 Å². The van der Waals surface area contributed by atoms with Gasteiger partial charge in [0, 0.05) is 0 Å². The topological polar surface area (TPSA) is 78.9 Å². The lowest BCUT2D eigenvalue weighted by atomic mass is 10.2. The Hall–Kier alpha value is -2.77. The summed E-state index contributed by atoms with van der Waals surface area (Å²) in [5.41, 5.74) is 13.7. The third-order valence-electron chi connectivity index (χ3n) is 3.99. The van der Waals surface area contributed by atoms with Crippen LogP contribution in [0.1, 0.15) is 11.9 Å². The molecule has 1 atom stereocenters. The molecule has 0 radical (unpaired) electrons. The number of nitrogens with zero attached hydrogens (tertiary/aromatic N) is 4. The average Bonchev–Trinajstić information content (AvgIpc) is 3.12. The highest BCUT2D eigenvalue weighted by Gasteiger charge is 2.29. The number of hydrogen-bond donors (Lipinski definition) is 2. The van der Waals surface area contributed by atoms with Crippen molar-refractivity contribution in [3.63, 3.8) is 0 Å². The van der Waals surface area contributed by atoms with E-state index in [1.165, 1.54) is 4.70 Å². The lowest BCUT2D eigenvalue weighted by Crippen LogP contribution is -2.41. The molecule has 1 aromatic heterocycles. The molecule has 0 spiro atoms. The predicted octanol–water partition coefficient (Wildman–Crippen LogP) is 3.55. The van der Waals surface area contributed by atoms with Crippen molar-refractivity contribution in [1.82, 2.24) is 4.98 Å². The van der Waals surface area contributed by atoms with Gasteiger partial charge in [-0.2, -0.15) is 10.2 Å². The first-order valence-electron chi connectivity index (χ1n) is 7.98. The molecule has 3 aromatic rings. The molecule has 0 saturated heterocycles. The SMILES string of the molecule is CC1=NN(c2ccccc2)C(N)/C1=N\Nc1ccc2sc(C)nc2c1. The summed E-state index contributed by atoms with van der Waals surface area (Å²) in [4.78, 5) is 4.51. The Bertz CT molecular complexity index is 976. The van der Waals surface area contributed by atoms with Crippen molar-refractivity contribution in [2.45, 2.75) is 20.0 Å². The first-order chi connectivity index (χ1) is 12.1. The third kappa shape index (κ3) is 2.99. The van der Waals surface area contributed by atoms with Crippen molar-refractivity contribution < 1.29 is 0 Å². The van der Waals surface area contributed by atoms with Gasteiger partial charge in [-0.1, -0.05) is 18.2 Å². The van der Waals surface area contributed by atoms with E-state index in [9.17, 15) is 0 Å². The fourth-order valence-electron chi connectivity index (χ4n) is 2.79. The summed E-state index contributed by atoms with van der Waals surface area (Å²) in [5, 5.41) is 11.9. The van der Waals surface area contributed by atoms with Crippen molar-refractivity contribution >= 4 is 44.4 Å². The molecule has 0 aliphatic carbocycles. The van der Waals surface area contributed by atoms with Crippen molar-refractivity contribution in [3.05, 3.63) is 53.5 Å². The van der Waals surface area contributed by atoms with Gasteiger partial charge in [-0.15, -0.1) is 11.3 Å². The van der Waals surface area contributed by atoms with Crippen LogP contribution in [0.2, 0.25) is 0 Å². The zero-order valence-electron chi connectivity index (χ0n) is 14.0. The number of aromatic nitrogens is 1. The van der Waals surface area contributed by atoms with Crippen LogP contribution in [0.5, 0.6) is 0 Å². The van der Waals surface area contributed by atoms with Crippen LogP contribution < -0.4 is 16.2 Å². The van der Waals surface area contributed by atoms with Crippen LogP contribution >= 0.6 is 11.3 Å². The van der Waals surface area contributed by atoms with E-state index >= 15 is 0 Å². The van der Waals surface area contributed by atoms with E-state index in [1.807, 2.05) is 62.4 Å². The minimum atomic E-state index is -0.417. The van der Waals surface area contributed by atoms with Gasteiger partial charge in [-0.25, -0.2) is 9.99 Å². The molecule has 6 nitrogen and oxygen atoms in total. The number of hydrazone groups is 2. The van der Waals surface area contributed by atoms with Gasteiger partial charge >= 0.3 is 0 Å². The van der Waals surface area contributed by atoms with Crippen molar-refractivity contribution in [2.75, 3.05) is 10.4 Å². The lowest BCUT2D eigenvalue weighted by Gasteiger charge is -2.19. The van der Waals surface area contributed by atoms with Crippen molar-refractivity contribution in [1.29, 1.82) is 0 Å². The summed E-state index contributed by atoms with van der Waals surface area (Å²) in [6, 6.07) is 15.9. The molecular formula is C18H18N6S. The Morgan fingerprint density at radius 3 is 2.76 bits per heavy atom. The summed E-state index contributed by atoms with van der Waals surface area (Å²) < 4.78 is 1.17. The van der Waals surface area contributed by atoms with Crippen LogP contribution in [0.25, 0.3) is 10.2 Å². The zero-order valence-corrected chi connectivity index (χ0v) is 14.8. The summed E-state index contributed by atoms with van der Waals surface area (Å²) >= 11 is 1.68. The largest absolute Gasteiger partial charge is 0.304 e. The number of anilines is 2. The van der Waals surface area contributed by atoms with Gasteiger partial charge in [-0.05, 0) is 44.2 Å². The van der Waals surface area contributed by atoms with Crippen molar-refractivity contribution in [2.24, 2.45) is 15.9 Å². The maximum absolute atomic E-state index is 6.33. The molecule has 2 aromatic carbocycles. The number of nitrogens with one attached hydrogen (secondary N) is 1. The molecule has 0 amide bonds. The second kappa shape index (κ2) is 6.27. The lowest BCUT2D eigenvalue weighted by molar-refractivity contribution is 0.801. The average molecular weight is 350 g/mol. The zero-order chi connectivity index (χ0) is 17.4. The number of para-hydroxylation sites is 1. The van der Waals surface area contributed by atoms with Crippen LogP contribution in [0.3, 0.4) is 0 Å². The number of benzene rings is 2. The van der Waals surface area contributed by atoms with Gasteiger partial charge in [0.05, 0.1) is 32.3 Å². The van der Waals surface area contributed by atoms with E-state index in [-0.39, 0.29) is 0 Å². The van der Waals surface area contributed by atoms with Gasteiger partial charge in [0.1, 0.15) is 11.9 Å². The molecule has 1 aliphatic rings. The van der Waals surface area contributed by atoms with Crippen LogP contribution in [0.4, 0.5) is 11.4 Å². The Labute approximate surface area is 149 Å². The van der Waals surface area contributed by atoms with Gasteiger partial charge in [0.15, 0.2) is 0 Å². The Morgan fingerprint density at radius 1 is 1.16 bits per heavy atom. The number of fused-ring (bicyclic) bond motifs is 1. The van der Waals surface area contributed by atoms with Gasteiger partial charge in [-0.3, -0.25) is 5.43 Å². The predicted molar refractivity (Wildman–Crippen MR) is 105 cm³/mol. The molecule has 25 heavy (non-hydrogen) atoms. The maximum atomic E-state index is 6.33. The molecule has 7 heteroatoms. The number of rotatable bonds is 3. The highest BCUT2D eigenvalue weighted by Crippen LogP contribution is 2.25. The fraction of sp³-hybridized carbons (Fsp3) is 0.167. The van der Waals surface area contributed by atoms with Crippen LogP contribution in [0, 0.1) is 6.92 Å². The number of thiazole rings is 1. The Kier molecular flexibility index (Phi) is 3.95. The number of aryl methyl sites for hydroxylation is 1. The van der Waals surface area contributed by atoms with Crippen molar-refractivity contribution in [3.8, 4) is 0 Å². The number of nitrogens with two attached hydrogens (primary N) is 1. The molecule has 1 aliphatic heterocycles. The Morgan fingerprint density at radius 2 is 1.96 bits per heavy atom. The van der Waals surface area contributed by atoms with E-state index < -0.39 is 6.17 Å². The second-order valence-electron chi connectivity index (χ2n) is 5.83. The summed E-state index contributed by atoms with van der Waals surface area (Å²) in [6.45, 7) is 3.92. The number of hydrogen-bond acceptors (Lipinski definition) is 7. The minimum Gasteiger partial charge on any atom is -0.304 e. The molecule has 0 bridgehead atoms. The molecule has 4 rings (SSSR count). The van der Waals surface area contributed by atoms with E-state index in [4.69, 9.17) is 5.73 Å². The highest BCUT2D eigenvalue weighted by molar-refractivity contribution is 7.18. The standard InChI is InChI=1S/C18H18N6S/c1-11-17(18(19)24(23-11)14-6-4-3-5-7-14)22-21-13-8-9-16-15(10-13)20-12(2)25-16/h3-10,18,21H,19H2,1-2H3/b22-17-. The summed E-state index contributed by atoms with van der Waals surface area (Å²) in [5.74, 6) is 0. The van der Waals surface area contributed by atoms with E-state index in [2.05, 4.69) is 20.6 Å². The quantitative estimate of drug-likeness (QED) is 0.708. The third-order valence-corrected chi connectivity index (χ3v) is 4.94. The van der Waals surface area contributed by atoms with Gasteiger partial charge in [0.2, 0.25) is 0 Å². The molecule has 3 N–H and O–H groups in total. The molecule has 2 heterocycles. The fourth-order valence-corrected chi connectivity index (χ4v) is 3.60. The molecule has 0 fully saturated rings. The Balaban J connectivity index is 1.57. The monoisotopic (exact) mass is 350 g/mol. The highest BCUT2D eigenvalue weighted by atomic mass is 32.1. The molecule has 0 saturated carbocycles. The molecule has 1 unspecified atom stereocenters. The van der Waals surface area contributed by atoms with E-state index in [1.54, 1.807) is 16.3 Å². The minimum absolute atomic E-state index is 0.417. The van der Waals surface area contributed by atoms with Crippen LogP contribution in [0.15, 0.2) is 58.7 Å². The van der Waals surface area contributed by atoms with Gasteiger partial charge < -0.3 is 5.73 Å². The summed E-state index contributed by atoms with van der Waals surface area (Å²) in [6.07, 6.45) is -0.417. The first kappa shape index (κ1) is 15.7. The van der Waals surface area contributed by atoms with Gasteiger partial charge in [0.25, 0.3) is 0 Å². The second-order valence-corrected chi connectivity index (χ2v) is 7.07. The van der Waals surface area contributed by atoms with Crippen LogP contribution in [-0.4, -0.2) is 22.6 Å². The molecular weight excluding hydrogens is 332 g/mol. The molecule has 126 valence electrons. The summed E-state index contributed by atoms with van der Waals surface area (Å²) in [7, 11) is 0. The maximum Gasteiger partial charge on any atom is 0.146 e. The smallest absolute Gasteiger partial charge is 0.146 e. The first-order valence-corrected chi connectivity index (χ1v) is 8.80. The van der Waals surface area contributed by atoms with E-state index in [0.717, 1.165) is 33.3 Å². The normalized spacial score (nSPS) is 18.8.